The highest BCUT2D eigenvalue weighted by Gasteiger charge is 2.15. The van der Waals surface area contributed by atoms with Crippen molar-refractivity contribution in [2.45, 2.75) is 32.8 Å². The predicted molar refractivity (Wildman–Crippen MR) is 95.7 cm³/mol. The number of anilines is 1. The lowest BCUT2D eigenvalue weighted by Gasteiger charge is -2.12. The van der Waals surface area contributed by atoms with Crippen LogP contribution < -0.4 is 16.1 Å². The van der Waals surface area contributed by atoms with Gasteiger partial charge in [-0.25, -0.2) is 0 Å². The summed E-state index contributed by atoms with van der Waals surface area (Å²) >= 11 is 5.20. The Bertz CT molecular complexity index is 597. The standard InChI is InChI=1S/C16H22N4O2S/c1-11(13-5-3-6-14(9-13)18-12(2)21)19-20-16(23)17-10-15-7-4-8-22-15/h3,5-6,9,15H,4,7-8,10H2,1-2H3,(H,18,21)(H2,17,20,23)/b19-11-/t15-/m1/s1. The minimum atomic E-state index is -0.102. The summed E-state index contributed by atoms with van der Waals surface area (Å²) in [6.45, 7) is 4.88. The maximum Gasteiger partial charge on any atom is 0.221 e. The summed E-state index contributed by atoms with van der Waals surface area (Å²) in [5, 5.41) is 10.6. The molecule has 124 valence electrons. The second kappa shape index (κ2) is 8.59. The van der Waals surface area contributed by atoms with Crippen molar-refractivity contribution in [2.75, 3.05) is 18.5 Å². The summed E-state index contributed by atoms with van der Waals surface area (Å²) in [7, 11) is 0. The molecule has 23 heavy (non-hydrogen) atoms. The molecular formula is C16H22N4O2S. The highest BCUT2D eigenvalue weighted by Crippen LogP contribution is 2.12. The molecule has 0 radical (unpaired) electrons. The Morgan fingerprint density at radius 1 is 1.43 bits per heavy atom. The Balaban J connectivity index is 1.86. The van der Waals surface area contributed by atoms with Gasteiger partial charge in [0.1, 0.15) is 0 Å². The maximum atomic E-state index is 11.1. The Labute approximate surface area is 141 Å². The normalized spacial score (nSPS) is 17.7. The number of thiocarbonyl (C=S) groups is 1. The number of benzene rings is 1. The minimum Gasteiger partial charge on any atom is -0.376 e. The van der Waals surface area contributed by atoms with Crippen LogP contribution in [0.15, 0.2) is 29.4 Å². The van der Waals surface area contributed by atoms with E-state index in [2.05, 4.69) is 21.2 Å². The van der Waals surface area contributed by atoms with Gasteiger partial charge >= 0.3 is 0 Å². The molecule has 1 aliphatic rings. The first kappa shape index (κ1) is 17.4. The largest absolute Gasteiger partial charge is 0.376 e. The van der Waals surface area contributed by atoms with Gasteiger partial charge < -0.3 is 15.4 Å². The number of ether oxygens (including phenoxy) is 1. The smallest absolute Gasteiger partial charge is 0.221 e. The molecule has 0 saturated carbocycles. The van der Waals surface area contributed by atoms with Crippen LogP contribution in [0.25, 0.3) is 0 Å². The summed E-state index contributed by atoms with van der Waals surface area (Å²) in [5.74, 6) is -0.102. The molecule has 1 amide bonds. The van der Waals surface area contributed by atoms with E-state index in [1.165, 1.54) is 6.92 Å². The fourth-order valence-electron chi connectivity index (χ4n) is 2.28. The molecule has 1 heterocycles. The molecule has 1 saturated heterocycles. The molecule has 3 N–H and O–H groups in total. The SMILES string of the molecule is CC(=O)Nc1cccc(/C(C)=N\NC(=S)NC[C@H]2CCCO2)c1. The van der Waals surface area contributed by atoms with E-state index in [-0.39, 0.29) is 12.0 Å². The number of amides is 1. The summed E-state index contributed by atoms with van der Waals surface area (Å²) < 4.78 is 5.52. The fourth-order valence-corrected chi connectivity index (χ4v) is 2.40. The van der Waals surface area contributed by atoms with Crippen molar-refractivity contribution in [3.05, 3.63) is 29.8 Å². The monoisotopic (exact) mass is 334 g/mol. The van der Waals surface area contributed by atoms with Gasteiger partial charge in [-0.3, -0.25) is 10.2 Å². The van der Waals surface area contributed by atoms with E-state index >= 15 is 0 Å². The third kappa shape index (κ3) is 5.96. The first-order valence-corrected chi connectivity index (χ1v) is 8.03. The lowest BCUT2D eigenvalue weighted by molar-refractivity contribution is -0.114. The number of carbonyl (C=O) groups is 1. The van der Waals surface area contributed by atoms with Crippen molar-refractivity contribution >= 4 is 34.6 Å². The van der Waals surface area contributed by atoms with E-state index in [1.54, 1.807) is 0 Å². The second-order valence-electron chi connectivity index (χ2n) is 5.42. The molecule has 2 rings (SSSR count). The van der Waals surface area contributed by atoms with Crippen LogP contribution in [-0.2, 0) is 9.53 Å². The molecule has 0 spiro atoms. The Hall–Kier alpha value is -1.99. The van der Waals surface area contributed by atoms with E-state index in [0.29, 0.717) is 11.7 Å². The quantitative estimate of drug-likeness (QED) is 0.436. The zero-order chi connectivity index (χ0) is 16.7. The summed E-state index contributed by atoms with van der Waals surface area (Å²) in [4.78, 5) is 11.1. The van der Waals surface area contributed by atoms with Gasteiger partial charge in [0.2, 0.25) is 5.91 Å². The number of rotatable bonds is 5. The number of hydrazone groups is 1. The topological polar surface area (TPSA) is 74.8 Å². The zero-order valence-electron chi connectivity index (χ0n) is 13.4. The van der Waals surface area contributed by atoms with Gasteiger partial charge in [0, 0.05) is 25.8 Å². The molecule has 0 unspecified atom stereocenters. The van der Waals surface area contributed by atoms with Crippen molar-refractivity contribution in [1.82, 2.24) is 10.7 Å². The number of carbonyl (C=O) groups excluding carboxylic acids is 1. The average Bonchev–Trinajstić information content (AvgIpc) is 3.03. The van der Waals surface area contributed by atoms with E-state index in [1.807, 2.05) is 31.2 Å². The summed E-state index contributed by atoms with van der Waals surface area (Å²) in [6, 6.07) is 7.49. The number of hydrogen-bond acceptors (Lipinski definition) is 4. The second-order valence-corrected chi connectivity index (χ2v) is 5.82. The number of nitrogens with zero attached hydrogens (tertiary/aromatic N) is 1. The number of nitrogens with one attached hydrogen (secondary N) is 3. The highest BCUT2D eigenvalue weighted by atomic mass is 32.1. The Kier molecular flexibility index (Phi) is 6.49. The molecule has 6 nitrogen and oxygen atoms in total. The third-order valence-electron chi connectivity index (χ3n) is 3.44. The minimum absolute atomic E-state index is 0.102. The van der Waals surface area contributed by atoms with Crippen LogP contribution >= 0.6 is 12.2 Å². The van der Waals surface area contributed by atoms with Gasteiger partial charge in [0.15, 0.2) is 5.11 Å². The van der Waals surface area contributed by atoms with Crippen molar-refractivity contribution in [1.29, 1.82) is 0 Å². The lowest BCUT2D eigenvalue weighted by Crippen LogP contribution is -2.37. The Morgan fingerprint density at radius 2 is 2.26 bits per heavy atom. The van der Waals surface area contributed by atoms with Crippen LogP contribution in [0.2, 0.25) is 0 Å². The average molecular weight is 334 g/mol. The van der Waals surface area contributed by atoms with Gasteiger partial charge in [-0.15, -0.1) is 0 Å². The van der Waals surface area contributed by atoms with Crippen molar-refractivity contribution in [3.8, 4) is 0 Å². The van der Waals surface area contributed by atoms with Crippen LogP contribution in [0.1, 0.15) is 32.3 Å². The lowest BCUT2D eigenvalue weighted by atomic mass is 10.1. The first-order chi connectivity index (χ1) is 11.0. The molecule has 0 bridgehead atoms. The van der Waals surface area contributed by atoms with Crippen molar-refractivity contribution in [2.24, 2.45) is 5.10 Å². The predicted octanol–water partition coefficient (Wildman–Crippen LogP) is 2.01. The van der Waals surface area contributed by atoms with Crippen LogP contribution in [0.5, 0.6) is 0 Å². The molecule has 1 atom stereocenters. The van der Waals surface area contributed by atoms with Gasteiger partial charge in [-0.1, -0.05) is 12.1 Å². The zero-order valence-corrected chi connectivity index (χ0v) is 14.2. The van der Waals surface area contributed by atoms with Gasteiger partial charge in [0.05, 0.1) is 11.8 Å². The molecule has 1 aliphatic heterocycles. The molecule has 0 aromatic heterocycles. The van der Waals surface area contributed by atoms with Crippen molar-refractivity contribution < 1.29 is 9.53 Å². The van der Waals surface area contributed by atoms with E-state index < -0.39 is 0 Å². The molecular weight excluding hydrogens is 312 g/mol. The number of hydrogen-bond donors (Lipinski definition) is 3. The van der Waals surface area contributed by atoms with E-state index in [0.717, 1.165) is 36.4 Å². The molecule has 1 aromatic rings. The van der Waals surface area contributed by atoms with Crippen molar-refractivity contribution in [3.63, 3.8) is 0 Å². The van der Waals surface area contributed by atoms with Gasteiger partial charge in [-0.05, 0) is 49.7 Å². The first-order valence-electron chi connectivity index (χ1n) is 7.62. The highest BCUT2D eigenvalue weighted by molar-refractivity contribution is 7.80. The van der Waals surface area contributed by atoms with E-state index in [9.17, 15) is 4.79 Å². The molecule has 0 aliphatic carbocycles. The maximum absolute atomic E-state index is 11.1. The fraction of sp³-hybridized carbons (Fsp3) is 0.438. The molecule has 1 aromatic carbocycles. The summed E-state index contributed by atoms with van der Waals surface area (Å²) in [5.41, 5.74) is 5.25. The van der Waals surface area contributed by atoms with Crippen LogP contribution in [0.3, 0.4) is 0 Å². The van der Waals surface area contributed by atoms with Crippen LogP contribution in [-0.4, -0.2) is 36.0 Å². The van der Waals surface area contributed by atoms with E-state index in [4.69, 9.17) is 17.0 Å². The molecule has 1 fully saturated rings. The third-order valence-corrected chi connectivity index (χ3v) is 3.68. The van der Waals surface area contributed by atoms with Crippen LogP contribution in [0.4, 0.5) is 5.69 Å². The molecule has 7 heteroatoms. The van der Waals surface area contributed by atoms with Gasteiger partial charge in [-0.2, -0.15) is 5.10 Å². The Morgan fingerprint density at radius 3 is 2.96 bits per heavy atom. The van der Waals surface area contributed by atoms with Gasteiger partial charge in [0.25, 0.3) is 0 Å². The van der Waals surface area contributed by atoms with Crippen LogP contribution in [0, 0.1) is 0 Å². The summed E-state index contributed by atoms with van der Waals surface area (Å²) in [6.07, 6.45) is 2.40.